The average molecular weight is 343 g/mol. The van der Waals surface area contributed by atoms with Crippen molar-refractivity contribution in [2.24, 2.45) is 0 Å². The van der Waals surface area contributed by atoms with Crippen molar-refractivity contribution in [2.45, 2.75) is 52.7 Å². The molecule has 0 atom stereocenters. The number of carbonyl (C=O) groups excluding carboxylic acids is 1. The lowest BCUT2D eigenvalue weighted by atomic mass is 10.2. The minimum absolute atomic E-state index is 0.0830. The number of nitrogens with one attached hydrogen (secondary N) is 1. The summed E-state index contributed by atoms with van der Waals surface area (Å²) in [5.41, 5.74) is 1.02. The largest absolute Gasteiger partial charge is 0.472 e. The van der Waals surface area contributed by atoms with Gasteiger partial charge in [0.1, 0.15) is 5.60 Å². The van der Waals surface area contributed by atoms with Gasteiger partial charge in [0.15, 0.2) is 0 Å². The summed E-state index contributed by atoms with van der Waals surface area (Å²) in [6.45, 7) is 8.33. The first-order valence-electron chi connectivity index (χ1n) is 8.42. The molecule has 134 valence electrons. The lowest BCUT2D eigenvalue weighted by Crippen LogP contribution is -2.23. The van der Waals surface area contributed by atoms with Crippen LogP contribution in [0.25, 0.3) is 0 Å². The Hall–Kier alpha value is -2.63. The number of hydrogen-bond acceptors (Lipinski definition) is 4. The third kappa shape index (κ3) is 6.06. The van der Waals surface area contributed by atoms with Crippen LogP contribution in [-0.4, -0.2) is 21.1 Å². The topological polar surface area (TPSA) is 73.2 Å². The van der Waals surface area contributed by atoms with Crippen molar-refractivity contribution >= 4 is 11.6 Å². The number of pyridine rings is 2. The molecule has 2 aromatic rings. The molecule has 6 heteroatoms. The standard InChI is InChI=1S/C19H25N3O3/c1-5-22-13-15(10-12-18(22)24)20-16(23)11-9-14-7-6-8-17(21-14)25-19(2,3)4/h6-8,10,12-13H,5,9,11H2,1-4H3,(H,20,23). The summed E-state index contributed by atoms with van der Waals surface area (Å²) in [5, 5.41) is 2.81. The predicted molar refractivity (Wildman–Crippen MR) is 97.9 cm³/mol. The summed E-state index contributed by atoms with van der Waals surface area (Å²) >= 11 is 0. The highest BCUT2D eigenvalue weighted by Gasteiger charge is 2.13. The Morgan fingerprint density at radius 1 is 1.24 bits per heavy atom. The molecule has 0 aromatic carbocycles. The highest BCUT2D eigenvalue weighted by molar-refractivity contribution is 5.90. The van der Waals surface area contributed by atoms with Gasteiger partial charge in [-0.05, 0) is 46.2 Å². The number of anilines is 1. The summed E-state index contributed by atoms with van der Waals surface area (Å²) in [7, 11) is 0. The molecule has 0 aliphatic rings. The fourth-order valence-electron chi connectivity index (χ4n) is 2.28. The number of aryl methyl sites for hydroxylation is 2. The first-order chi connectivity index (χ1) is 11.8. The molecule has 0 aliphatic heterocycles. The van der Waals surface area contributed by atoms with E-state index in [9.17, 15) is 9.59 Å². The van der Waals surface area contributed by atoms with Crippen LogP contribution in [0.3, 0.4) is 0 Å². The van der Waals surface area contributed by atoms with Crippen LogP contribution in [0.4, 0.5) is 5.69 Å². The fraction of sp³-hybridized carbons (Fsp3) is 0.421. The minimum atomic E-state index is -0.314. The first kappa shape index (κ1) is 18.7. The number of hydrogen-bond donors (Lipinski definition) is 1. The summed E-state index contributed by atoms with van der Waals surface area (Å²) in [4.78, 5) is 28.1. The van der Waals surface area contributed by atoms with Gasteiger partial charge in [0.05, 0.1) is 5.69 Å². The molecule has 2 aromatic heterocycles. The summed E-state index contributed by atoms with van der Waals surface area (Å²) < 4.78 is 7.28. The van der Waals surface area contributed by atoms with Crippen molar-refractivity contribution in [1.82, 2.24) is 9.55 Å². The fourth-order valence-corrected chi connectivity index (χ4v) is 2.28. The van der Waals surface area contributed by atoms with E-state index < -0.39 is 0 Å². The molecule has 0 fully saturated rings. The Morgan fingerprint density at radius 2 is 2.00 bits per heavy atom. The molecule has 0 aliphatic carbocycles. The van der Waals surface area contributed by atoms with E-state index in [0.29, 0.717) is 31.0 Å². The smallest absolute Gasteiger partial charge is 0.250 e. The molecule has 25 heavy (non-hydrogen) atoms. The molecule has 0 saturated heterocycles. The van der Waals surface area contributed by atoms with Gasteiger partial charge in [0.2, 0.25) is 11.8 Å². The zero-order valence-electron chi connectivity index (χ0n) is 15.2. The lowest BCUT2D eigenvalue weighted by Gasteiger charge is -2.20. The van der Waals surface area contributed by atoms with Crippen molar-refractivity contribution in [3.63, 3.8) is 0 Å². The number of carbonyl (C=O) groups is 1. The highest BCUT2D eigenvalue weighted by Crippen LogP contribution is 2.16. The molecule has 0 spiro atoms. The Balaban J connectivity index is 1.94. The molecule has 0 radical (unpaired) electrons. The molecular weight excluding hydrogens is 318 g/mol. The average Bonchev–Trinajstić information content (AvgIpc) is 2.53. The molecule has 6 nitrogen and oxygen atoms in total. The van der Waals surface area contributed by atoms with Crippen LogP contribution < -0.4 is 15.6 Å². The third-order valence-corrected chi connectivity index (χ3v) is 3.41. The van der Waals surface area contributed by atoms with E-state index in [-0.39, 0.29) is 17.1 Å². The van der Waals surface area contributed by atoms with E-state index in [4.69, 9.17) is 4.74 Å². The van der Waals surface area contributed by atoms with Crippen LogP contribution in [0.5, 0.6) is 5.88 Å². The Labute approximate surface area is 147 Å². The second-order valence-electron chi connectivity index (χ2n) is 6.77. The van der Waals surface area contributed by atoms with Crippen molar-refractivity contribution in [3.05, 3.63) is 52.6 Å². The summed E-state index contributed by atoms with van der Waals surface area (Å²) in [6.07, 6.45) is 2.47. The molecular formula is C19H25N3O3. The van der Waals surface area contributed by atoms with Gasteiger partial charge in [-0.15, -0.1) is 0 Å². The quantitative estimate of drug-likeness (QED) is 0.875. The first-order valence-corrected chi connectivity index (χ1v) is 8.42. The van der Waals surface area contributed by atoms with Gasteiger partial charge in [-0.1, -0.05) is 6.07 Å². The number of rotatable bonds is 6. The monoisotopic (exact) mass is 343 g/mol. The van der Waals surface area contributed by atoms with Crippen LogP contribution >= 0.6 is 0 Å². The van der Waals surface area contributed by atoms with Crippen molar-refractivity contribution in [2.75, 3.05) is 5.32 Å². The molecule has 1 N–H and O–H groups in total. The SMILES string of the molecule is CCn1cc(NC(=O)CCc2cccc(OC(C)(C)C)n2)ccc1=O. The van der Waals surface area contributed by atoms with Crippen molar-refractivity contribution in [1.29, 1.82) is 0 Å². The Bertz CT molecular complexity index is 791. The van der Waals surface area contributed by atoms with Crippen LogP contribution in [0.2, 0.25) is 0 Å². The van der Waals surface area contributed by atoms with Crippen LogP contribution in [0.15, 0.2) is 41.3 Å². The number of ether oxygens (including phenoxy) is 1. The summed E-state index contributed by atoms with van der Waals surface area (Å²) in [5.74, 6) is 0.436. The van der Waals surface area contributed by atoms with Gasteiger partial charge in [-0.25, -0.2) is 4.98 Å². The molecule has 0 saturated carbocycles. The maximum Gasteiger partial charge on any atom is 0.250 e. The lowest BCUT2D eigenvalue weighted by molar-refractivity contribution is -0.116. The molecule has 2 rings (SSSR count). The molecule has 0 bridgehead atoms. The van der Waals surface area contributed by atoms with E-state index in [2.05, 4.69) is 10.3 Å². The Morgan fingerprint density at radius 3 is 2.68 bits per heavy atom. The molecule has 0 unspecified atom stereocenters. The normalized spacial score (nSPS) is 11.2. The van der Waals surface area contributed by atoms with E-state index in [1.807, 2.05) is 45.9 Å². The maximum absolute atomic E-state index is 12.1. The van der Waals surface area contributed by atoms with Gasteiger partial charge in [0.25, 0.3) is 5.56 Å². The molecule has 1 amide bonds. The van der Waals surface area contributed by atoms with E-state index in [0.717, 1.165) is 5.69 Å². The van der Waals surface area contributed by atoms with Crippen LogP contribution in [0, 0.1) is 0 Å². The van der Waals surface area contributed by atoms with Crippen LogP contribution in [-0.2, 0) is 17.8 Å². The predicted octanol–water partition coefficient (Wildman–Crippen LogP) is 3.01. The van der Waals surface area contributed by atoms with Gasteiger partial charge in [-0.3, -0.25) is 9.59 Å². The van der Waals surface area contributed by atoms with Gasteiger partial charge in [0, 0.05) is 37.0 Å². The van der Waals surface area contributed by atoms with Gasteiger partial charge >= 0.3 is 0 Å². The second kappa shape index (κ2) is 7.96. The van der Waals surface area contributed by atoms with Crippen LogP contribution in [0.1, 0.15) is 39.8 Å². The maximum atomic E-state index is 12.1. The zero-order chi connectivity index (χ0) is 18.4. The highest BCUT2D eigenvalue weighted by atomic mass is 16.5. The van der Waals surface area contributed by atoms with Crippen molar-refractivity contribution < 1.29 is 9.53 Å². The van der Waals surface area contributed by atoms with E-state index in [1.54, 1.807) is 16.8 Å². The van der Waals surface area contributed by atoms with Gasteiger partial charge in [-0.2, -0.15) is 0 Å². The summed E-state index contributed by atoms with van der Waals surface area (Å²) in [6, 6.07) is 8.62. The number of nitrogens with zero attached hydrogens (tertiary/aromatic N) is 2. The zero-order valence-corrected chi connectivity index (χ0v) is 15.2. The Kier molecular flexibility index (Phi) is 5.96. The number of amides is 1. The third-order valence-electron chi connectivity index (χ3n) is 3.41. The second-order valence-corrected chi connectivity index (χ2v) is 6.77. The van der Waals surface area contributed by atoms with Crippen molar-refractivity contribution in [3.8, 4) is 5.88 Å². The minimum Gasteiger partial charge on any atom is -0.472 e. The van der Waals surface area contributed by atoms with Gasteiger partial charge < -0.3 is 14.6 Å². The van der Waals surface area contributed by atoms with E-state index >= 15 is 0 Å². The van der Waals surface area contributed by atoms with E-state index in [1.165, 1.54) is 6.07 Å². The number of aromatic nitrogens is 2. The molecule has 2 heterocycles.